The van der Waals surface area contributed by atoms with Gasteiger partial charge in [0, 0.05) is 38.6 Å². The Morgan fingerprint density at radius 1 is 0.976 bits per heavy atom. The molecule has 222 valence electrons. The second-order valence-electron chi connectivity index (χ2n) is 12.5. The average Bonchev–Trinajstić information content (AvgIpc) is 3.18. The molecule has 0 bridgehead atoms. The van der Waals surface area contributed by atoms with E-state index in [-0.39, 0.29) is 30.1 Å². The van der Waals surface area contributed by atoms with Crippen molar-refractivity contribution < 1.29 is 23.8 Å². The first-order chi connectivity index (χ1) is 19.7. The van der Waals surface area contributed by atoms with Crippen molar-refractivity contribution in [1.29, 1.82) is 0 Å². The molecule has 3 heterocycles. The third-order valence-corrected chi connectivity index (χ3v) is 8.68. The number of carbonyl (C=O) groups excluding carboxylic acids is 2. The van der Waals surface area contributed by atoms with Gasteiger partial charge in [0.15, 0.2) is 11.5 Å². The molecule has 2 saturated heterocycles. The van der Waals surface area contributed by atoms with Gasteiger partial charge in [-0.3, -0.25) is 14.6 Å². The Morgan fingerprint density at radius 2 is 1.71 bits per heavy atom. The van der Waals surface area contributed by atoms with Crippen LogP contribution in [0.4, 0.5) is 4.79 Å². The van der Waals surface area contributed by atoms with E-state index in [1.165, 1.54) is 11.1 Å². The van der Waals surface area contributed by atoms with Crippen LogP contribution in [0, 0.1) is 0 Å². The number of piperidine rings is 1. The minimum absolute atomic E-state index is 0.0857. The third kappa shape index (κ3) is 6.48. The van der Waals surface area contributed by atoms with Gasteiger partial charge in [-0.1, -0.05) is 36.8 Å². The van der Waals surface area contributed by atoms with E-state index in [1.807, 2.05) is 56.0 Å². The van der Waals surface area contributed by atoms with Crippen LogP contribution in [0.15, 0.2) is 42.5 Å². The first-order valence-corrected chi connectivity index (χ1v) is 15.0. The van der Waals surface area contributed by atoms with E-state index in [2.05, 4.69) is 21.9 Å². The maximum Gasteiger partial charge on any atom is 0.410 e. The standard InChI is InChI=1S/C33H45N3O5/c1-33(2,3)41-32(38)36(21-23-12-8-6-9-13-23)27-20-26-25-19-30(40-5)29(39-4)18-24(25)15-17-34(26)22-28(27)35-16-11-7-10-14-31(35)37/h6,8-9,12-13,18-19,26-28H,7,10-11,14-17,20-22H2,1-5H3. The molecule has 3 atom stereocenters. The third-order valence-electron chi connectivity index (χ3n) is 8.68. The smallest absolute Gasteiger partial charge is 0.410 e. The van der Waals surface area contributed by atoms with Gasteiger partial charge in [0.25, 0.3) is 0 Å². The van der Waals surface area contributed by atoms with Crippen molar-refractivity contribution in [2.24, 2.45) is 0 Å². The lowest BCUT2D eigenvalue weighted by Crippen LogP contribution is -2.64. The highest BCUT2D eigenvalue weighted by Crippen LogP contribution is 2.44. The number of hydrogen-bond acceptors (Lipinski definition) is 6. The van der Waals surface area contributed by atoms with Gasteiger partial charge in [-0.2, -0.15) is 0 Å². The fourth-order valence-corrected chi connectivity index (χ4v) is 6.74. The van der Waals surface area contributed by atoms with Gasteiger partial charge in [-0.05, 0) is 75.3 Å². The highest BCUT2D eigenvalue weighted by atomic mass is 16.6. The number of carbonyl (C=O) groups is 2. The monoisotopic (exact) mass is 563 g/mol. The lowest BCUT2D eigenvalue weighted by Gasteiger charge is -2.52. The molecule has 8 heteroatoms. The maximum absolute atomic E-state index is 14.0. The molecule has 3 aliphatic rings. The lowest BCUT2D eigenvalue weighted by molar-refractivity contribution is -0.137. The van der Waals surface area contributed by atoms with Gasteiger partial charge in [-0.25, -0.2) is 4.79 Å². The number of benzene rings is 2. The average molecular weight is 564 g/mol. The predicted octanol–water partition coefficient (Wildman–Crippen LogP) is 5.58. The molecular formula is C33H45N3O5. The van der Waals surface area contributed by atoms with E-state index < -0.39 is 5.60 Å². The number of ether oxygens (including phenoxy) is 3. The van der Waals surface area contributed by atoms with Crippen molar-refractivity contribution in [2.45, 2.75) is 89.6 Å². The highest BCUT2D eigenvalue weighted by Gasteiger charge is 2.47. The molecule has 41 heavy (non-hydrogen) atoms. The summed E-state index contributed by atoms with van der Waals surface area (Å²) in [5.41, 5.74) is 2.86. The van der Waals surface area contributed by atoms with Gasteiger partial charge >= 0.3 is 6.09 Å². The Kier molecular flexibility index (Phi) is 8.78. The summed E-state index contributed by atoms with van der Waals surface area (Å²) in [6.45, 7) is 8.47. The summed E-state index contributed by atoms with van der Waals surface area (Å²) in [5, 5.41) is 0. The van der Waals surface area contributed by atoms with Gasteiger partial charge < -0.3 is 19.1 Å². The van der Waals surface area contributed by atoms with Crippen LogP contribution in [0.1, 0.15) is 75.6 Å². The first kappa shape index (κ1) is 29.2. The van der Waals surface area contributed by atoms with Crippen LogP contribution in [-0.2, 0) is 22.5 Å². The number of likely N-dealkylation sites (tertiary alicyclic amines) is 1. The molecule has 8 nitrogen and oxygen atoms in total. The summed E-state index contributed by atoms with van der Waals surface area (Å²) >= 11 is 0. The van der Waals surface area contributed by atoms with Crippen molar-refractivity contribution in [3.8, 4) is 11.5 Å². The summed E-state index contributed by atoms with van der Waals surface area (Å²) in [6.07, 6.45) is 4.80. The van der Waals surface area contributed by atoms with Crippen LogP contribution in [0.2, 0.25) is 0 Å². The maximum atomic E-state index is 14.0. The summed E-state index contributed by atoms with van der Waals surface area (Å²) in [7, 11) is 3.33. The van der Waals surface area contributed by atoms with E-state index in [0.29, 0.717) is 31.7 Å². The second kappa shape index (κ2) is 12.3. The Morgan fingerprint density at radius 3 is 2.41 bits per heavy atom. The van der Waals surface area contributed by atoms with Crippen molar-refractivity contribution >= 4 is 12.0 Å². The van der Waals surface area contributed by atoms with Crippen LogP contribution in [0.5, 0.6) is 11.5 Å². The molecule has 2 aromatic rings. The van der Waals surface area contributed by atoms with Gasteiger partial charge in [0.2, 0.25) is 5.91 Å². The van der Waals surface area contributed by atoms with E-state index in [9.17, 15) is 9.59 Å². The molecule has 2 fully saturated rings. The molecule has 3 unspecified atom stereocenters. The Hall–Kier alpha value is -3.26. The van der Waals surface area contributed by atoms with Crippen molar-refractivity contribution in [1.82, 2.24) is 14.7 Å². The molecule has 0 aromatic heterocycles. The number of nitrogens with zero attached hydrogens (tertiary/aromatic N) is 3. The zero-order valence-electron chi connectivity index (χ0n) is 25.2. The number of amides is 2. The van der Waals surface area contributed by atoms with Crippen molar-refractivity contribution in [3.63, 3.8) is 0 Å². The first-order valence-electron chi connectivity index (χ1n) is 15.0. The Balaban J connectivity index is 1.57. The fourth-order valence-electron chi connectivity index (χ4n) is 6.74. The van der Waals surface area contributed by atoms with Crippen molar-refractivity contribution in [3.05, 3.63) is 59.2 Å². The molecular weight excluding hydrogens is 518 g/mol. The zero-order chi connectivity index (χ0) is 29.1. The second-order valence-corrected chi connectivity index (χ2v) is 12.5. The summed E-state index contributed by atoms with van der Waals surface area (Å²) in [5.74, 6) is 1.64. The molecule has 2 amide bonds. The molecule has 3 aliphatic heterocycles. The van der Waals surface area contributed by atoms with Gasteiger partial charge in [-0.15, -0.1) is 0 Å². The van der Waals surface area contributed by atoms with Crippen LogP contribution < -0.4 is 9.47 Å². The largest absolute Gasteiger partial charge is 0.493 e. The molecule has 0 saturated carbocycles. The molecule has 0 radical (unpaired) electrons. The van der Waals surface area contributed by atoms with E-state index in [0.717, 1.165) is 50.1 Å². The molecule has 0 N–H and O–H groups in total. The number of rotatable bonds is 6. The molecule has 5 rings (SSSR count). The van der Waals surface area contributed by atoms with Gasteiger partial charge in [0.1, 0.15) is 5.60 Å². The van der Waals surface area contributed by atoms with Crippen molar-refractivity contribution in [2.75, 3.05) is 33.9 Å². The minimum atomic E-state index is -0.637. The van der Waals surface area contributed by atoms with Crippen LogP contribution in [-0.4, -0.2) is 78.2 Å². The fraction of sp³-hybridized carbons (Fsp3) is 0.576. The van der Waals surface area contributed by atoms with Crippen LogP contribution in [0.3, 0.4) is 0 Å². The quantitative estimate of drug-likeness (QED) is 0.457. The topological polar surface area (TPSA) is 71.5 Å². The SMILES string of the molecule is COc1cc2c(cc1OC)C1CC(N(Cc3ccccc3)C(=O)OC(C)(C)C)C(N3CCCCCC3=O)CN1CC2. The summed E-state index contributed by atoms with van der Waals surface area (Å²) < 4.78 is 17.3. The van der Waals surface area contributed by atoms with E-state index >= 15 is 0 Å². The zero-order valence-corrected chi connectivity index (χ0v) is 25.2. The molecule has 0 spiro atoms. The molecule has 2 aromatic carbocycles. The minimum Gasteiger partial charge on any atom is -0.493 e. The lowest BCUT2D eigenvalue weighted by atomic mass is 9.81. The normalized spacial score (nSPS) is 23.2. The van der Waals surface area contributed by atoms with Gasteiger partial charge in [0.05, 0.1) is 26.3 Å². The highest BCUT2D eigenvalue weighted by molar-refractivity contribution is 5.77. The number of hydrogen-bond donors (Lipinski definition) is 0. The molecule has 0 aliphatic carbocycles. The predicted molar refractivity (Wildman–Crippen MR) is 158 cm³/mol. The van der Waals surface area contributed by atoms with E-state index in [1.54, 1.807) is 14.2 Å². The van der Waals surface area contributed by atoms with Crippen LogP contribution in [0.25, 0.3) is 0 Å². The summed E-state index contributed by atoms with van der Waals surface area (Å²) in [6, 6.07) is 14.0. The Labute approximate surface area is 244 Å². The Bertz CT molecular complexity index is 1230. The summed E-state index contributed by atoms with van der Waals surface area (Å²) in [4.78, 5) is 34.0. The van der Waals surface area contributed by atoms with E-state index in [4.69, 9.17) is 14.2 Å². The number of fused-ring (bicyclic) bond motifs is 3. The number of methoxy groups -OCH3 is 2. The van der Waals surface area contributed by atoms with Crippen LogP contribution >= 0.6 is 0 Å².